The fourth-order valence-electron chi connectivity index (χ4n) is 2.34. The van der Waals surface area contributed by atoms with Crippen LogP contribution in [0.2, 0.25) is 0 Å². The molecule has 0 radical (unpaired) electrons. The van der Waals surface area contributed by atoms with Crippen LogP contribution in [-0.2, 0) is 16.3 Å². The van der Waals surface area contributed by atoms with Gasteiger partial charge in [0.2, 0.25) is 0 Å². The van der Waals surface area contributed by atoms with Crippen molar-refractivity contribution in [3.05, 3.63) is 29.3 Å². The van der Waals surface area contributed by atoms with Gasteiger partial charge in [0.15, 0.2) is 9.84 Å². The molecule has 0 saturated carbocycles. The zero-order chi connectivity index (χ0) is 12.6. The van der Waals surface area contributed by atoms with Crippen molar-refractivity contribution >= 4 is 9.84 Å². The van der Waals surface area contributed by atoms with Crippen LogP contribution in [0.4, 0.5) is 0 Å². The summed E-state index contributed by atoms with van der Waals surface area (Å²) in [5, 5.41) is 9.07. The van der Waals surface area contributed by atoms with Gasteiger partial charge >= 0.3 is 0 Å². The first-order chi connectivity index (χ1) is 7.90. The van der Waals surface area contributed by atoms with Gasteiger partial charge in [-0.15, -0.1) is 0 Å². The van der Waals surface area contributed by atoms with Crippen LogP contribution in [0.3, 0.4) is 0 Å². The van der Waals surface area contributed by atoms with Gasteiger partial charge in [-0.05, 0) is 55.9 Å². The maximum Gasteiger partial charge on any atom is 0.153 e. The normalized spacial score (nSPS) is 19.6. The van der Waals surface area contributed by atoms with Gasteiger partial charge in [0.05, 0.1) is 11.0 Å². The molecule has 0 saturated heterocycles. The molecule has 1 aliphatic rings. The Morgan fingerprint density at radius 1 is 1.41 bits per heavy atom. The molecule has 1 aliphatic carbocycles. The molecule has 0 aliphatic heterocycles. The maximum absolute atomic E-state index is 11.9. The molecule has 0 amide bonds. The molecule has 4 heteroatoms. The number of aromatic hydroxyl groups is 1. The van der Waals surface area contributed by atoms with Crippen molar-refractivity contribution in [1.29, 1.82) is 0 Å². The molecule has 17 heavy (non-hydrogen) atoms. The van der Waals surface area contributed by atoms with Crippen LogP contribution in [0, 0.1) is 0 Å². The number of sulfone groups is 1. The third-order valence-corrected chi connectivity index (χ3v) is 5.78. The van der Waals surface area contributed by atoms with Crippen LogP contribution in [-0.4, -0.2) is 24.5 Å². The Morgan fingerprint density at radius 3 is 2.76 bits per heavy atom. The number of fused-ring (bicyclic) bond motifs is 1. The molecule has 0 fully saturated rings. The van der Waals surface area contributed by atoms with Crippen LogP contribution < -0.4 is 0 Å². The van der Waals surface area contributed by atoms with Crippen molar-refractivity contribution in [2.24, 2.45) is 0 Å². The van der Waals surface area contributed by atoms with Gasteiger partial charge in [0.1, 0.15) is 5.75 Å². The van der Waals surface area contributed by atoms with E-state index in [0.717, 1.165) is 24.0 Å². The summed E-state index contributed by atoms with van der Waals surface area (Å²) in [5.41, 5.74) is 2.18. The van der Waals surface area contributed by atoms with Crippen LogP contribution in [0.15, 0.2) is 18.2 Å². The van der Waals surface area contributed by atoms with Crippen molar-refractivity contribution in [3.63, 3.8) is 0 Å². The second kappa shape index (κ2) is 4.33. The molecule has 3 nitrogen and oxygen atoms in total. The van der Waals surface area contributed by atoms with Crippen LogP contribution in [0.5, 0.6) is 5.75 Å². The first-order valence-electron chi connectivity index (χ1n) is 5.93. The highest BCUT2D eigenvalue weighted by atomic mass is 32.2. The number of hydrogen-bond donors (Lipinski definition) is 1. The predicted molar refractivity (Wildman–Crippen MR) is 68.1 cm³/mol. The molecule has 0 aromatic heterocycles. The zero-order valence-electron chi connectivity index (χ0n) is 10.2. The summed E-state index contributed by atoms with van der Waals surface area (Å²) < 4.78 is 23.8. The van der Waals surface area contributed by atoms with E-state index in [1.54, 1.807) is 26.0 Å². The lowest BCUT2D eigenvalue weighted by molar-refractivity contribution is 0.474. The predicted octanol–water partition coefficient (Wildman–Crippen LogP) is 2.25. The first kappa shape index (κ1) is 12.4. The van der Waals surface area contributed by atoms with E-state index in [9.17, 15) is 13.5 Å². The highest BCUT2D eigenvalue weighted by molar-refractivity contribution is 7.92. The van der Waals surface area contributed by atoms with E-state index >= 15 is 0 Å². The van der Waals surface area contributed by atoms with E-state index in [4.69, 9.17) is 0 Å². The van der Waals surface area contributed by atoms with Gasteiger partial charge in [-0.25, -0.2) is 8.42 Å². The van der Waals surface area contributed by atoms with Crippen molar-refractivity contribution in [2.75, 3.05) is 5.75 Å². The molecule has 1 aromatic carbocycles. The average molecular weight is 254 g/mol. The molecule has 1 atom stereocenters. The maximum atomic E-state index is 11.9. The van der Waals surface area contributed by atoms with Crippen LogP contribution >= 0.6 is 0 Å². The lowest BCUT2D eigenvalue weighted by Gasteiger charge is -2.14. The Hall–Kier alpha value is -1.03. The molecular formula is C13H18O3S. The molecule has 94 valence electrons. The second-order valence-electron chi connectivity index (χ2n) is 5.00. The number of rotatable bonds is 3. The summed E-state index contributed by atoms with van der Waals surface area (Å²) in [6, 6.07) is 5.24. The quantitative estimate of drug-likeness (QED) is 0.900. The smallest absolute Gasteiger partial charge is 0.153 e. The number of phenols is 1. The number of phenolic OH excluding ortho intramolecular Hbond substituents is 1. The van der Waals surface area contributed by atoms with Crippen LogP contribution in [0.25, 0.3) is 0 Å². The largest absolute Gasteiger partial charge is 0.508 e. The summed E-state index contributed by atoms with van der Waals surface area (Å²) in [7, 11) is -3.00. The summed E-state index contributed by atoms with van der Waals surface area (Å²) in [6.45, 7) is 3.45. The van der Waals surface area contributed by atoms with E-state index in [2.05, 4.69) is 0 Å². The van der Waals surface area contributed by atoms with Gasteiger partial charge in [-0.1, -0.05) is 6.07 Å². The van der Waals surface area contributed by atoms with Gasteiger partial charge in [0.25, 0.3) is 0 Å². The van der Waals surface area contributed by atoms with E-state index in [0.29, 0.717) is 0 Å². The second-order valence-corrected chi connectivity index (χ2v) is 7.60. The molecule has 1 aromatic rings. The summed E-state index contributed by atoms with van der Waals surface area (Å²) in [6.07, 6.45) is 1.73. The lowest BCUT2D eigenvalue weighted by Crippen LogP contribution is -2.21. The Balaban J connectivity index is 2.24. The Kier molecular flexibility index (Phi) is 3.17. The SMILES string of the molecule is CC(C)S(=O)(=O)CC1CCc2cc(O)ccc21. The molecule has 1 N–H and O–H groups in total. The van der Waals surface area contributed by atoms with E-state index in [1.165, 1.54) is 0 Å². The Labute approximate surface area is 102 Å². The summed E-state index contributed by atoms with van der Waals surface area (Å²) in [5.74, 6) is 0.580. The highest BCUT2D eigenvalue weighted by Gasteiger charge is 2.28. The third-order valence-electron chi connectivity index (χ3n) is 3.48. The van der Waals surface area contributed by atoms with Gasteiger partial charge in [0, 0.05) is 0 Å². The fourth-order valence-corrected chi connectivity index (χ4v) is 3.63. The minimum Gasteiger partial charge on any atom is -0.508 e. The highest BCUT2D eigenvalue weighted by Crippen LogP contribution is 2.36. The standard InChI is InChI=1S/C13H18O3S/c1-9(2)17(15,16)8-11-4-3-10-7-12(14)5-6-13(10)11/h5-7,9,11,14H,3-4,8H2,1-2H3. The first-order valence-corrected chi connectivity index (χ1v) is 7.65. The van der Waals surface area contributed by atoms with Crippen LogP contribution in [0.1, 0.15) is 37.3 Å². The van der Waals surface area contributed by atoms with E-state index in [1.807, 2.05) is 6.07 Å². The molecule has 0 heterocycles. The Bertz CT molecular complexity index is 517. The zero-order valence-corrected chi connectivity index (χ0v) is 11.0. The fraction of sp³-hybridized carbons (Fsp3) is 0.538. The minimum absolute atomic E-state index is 0.0954. The number of benzene rings is 1. The third kappa shape index (κ3) is 2.46. The topological polar surface area (TPSA) is 54.4 Å². The molecule has 0 bridgehead atoms. The monoisotopic (exact) mass is 254 g/mol. The van der Waals surface area contributed by atoms with Crippen molar-refractivity contribution in [2.45, 2.75) is 37.9 Å². The number of hydrogen-bond acceptors (Lipinski definition) is 3. The Morgan fingerprint density at radius 2 is 2.12 bits per heavy atom. The molecule has 1 unspecified atom stereocenters. The van der Waals surface area contributed by atoms with Crippen molar-refractivity contribution < 1.29 is 13.5 Å². The van der Waals surface area contributed by atoms with Gasteiger partial charge in [-0.3, -0.25) is 0 Å². The molecule has 0 spiro atoms. The summed E-state index contributed by atoms with van der Waals surface area (Å²) >= 11 is 0. The van der Waals surface area contributed by atoms with Gasteiger partial charge in [-0.2, -0.15) is 0 Å². The lowest BCUT2D eigenvalue weighted by atomic mass is 10.0. The van der Waals surface area contributed by atoms with E-state index < -0.39 is 9.84 Å². The summed E-state index contributed by atoms with van der Waals surface area (Å²) in [4.78, 5) is 0. The minimum atomic E-state index is -3.00. The molecular weight excluding hydrogens is 236 g/mol. The number of aryl methyl sites for hydroxylation is 1. The van der Waals surface area contributed by atoms with Gasteiger partial charge < -0.3 is 5.11 Å². The van der Waals surface area contributed by atoms with Crippen molar-refractivity contribution in [1.82, 2.24) is 0 Å². The average Bonchev–Trinajstić information content (AvgIpc) is 2.60. The van der Waals surface area contributed by atoms with Crippen molar-refractivity contribution in [3.8, 4) is 5.75 Å². The van der Waals surface area contributed by atoms with E-state index in [-0.39, 0.29) is 22.7 Å². The molecule has 2 rings (SSSR count).